The quantitative estimate of drug-likeness (QED) is 0.492. The minimum atomic E-state index is 0.0141. The molecular formula is C18H18N9+. The zero-order valence-electron chi connectivity index (χ0n) is 15.0. The van der Waals surface area contributed by atoms with Crippen molar-refractivity contribution in [2.75, 3.05) is 0 Å². The molecule has 134 valence electrons. The van der Waals surface area contributed by atoms with Crippen molar-refractivity contribution in [3.8, 4) is 11.3 Å². The van der Waals surface area contributed by atoms with Crippen LogP contribution < -0.4 is 4.40 Å². The number of pyridine rings is 1. The maximum atomic E-state index is 4.77. The van der Waals surface area contributed by atoms with E-state index < -0.39 is 0 Å². The number of aryl methyl sites for hydroxylation is 1. The first-order valence-corrected chi connectivity index (χ1v) is 8.78. The second-order valence-electron chi connectivity index (χ2n) is 6.48. The van der Waals surface area contributed by atoms with E-state index in [1.54, 1.807) is 17.1 Å². The molecule has 1 N–H and O–H groups in total. The van der Waals surface area contributed by atoms with Gasteiger partial charge in [-0.2, -0.15) is 5.10 Å². The molecule has 0 saturated carbocycles. The maximum Gasteiger partial charge on any atom is 0.283 e. The van der Waals surface area contributed by atoms with Gasteiger partial charge in [0.1, 0.15) is 18.6 Å². The van der Waals surface area contributed by atoms with Crippen molar-refractivity contribution in [1.82, 2.24) is 39.7 Å². The number of hydrogen-bond donors (Lipinski definition) is 1. The van der Waals surface area contributed by atoms with Gasteiger partial charge in [0.2, 0.25) is 5.65 Å². The Hall–Kier alpha value is -3.62. The summed E-state index contributed by atoms with van der Waals surface area (Å²) >= 11 is 0. The molecule has 0 aliphatic heterocycles. The average Bonchev–Trinajstić information content (AvgIpc) is 3.41. The normalized spacial score (nSPS) is 12.8. The number of imidazole rings is 1. The number of rotatable bonds is 4. The second-order valence-corrected chi connectivity index (χ2v) is 6.48. The fourth-order valence-electron chi connectivity index (χ4n) is 3.36. The molecule has 0 saturated heterocycles. The first-order valence-electron chi connectivity index (χ1n) is 8.78. The summed E-state index contributed by atoms with van der Waals surface area (Å²) in [6.45, 7) is 2.13. The van der Waals surface area contributed by atoms with Crippen LogP contribution in [0.1, 0.15) is 24.9 Å². The predicted octanol–water partition coefficient (Wildman–Crippen LogP) is 1.69. The molecule has 9 heteroatoms. The highest BCUT2D eigenvalue weighted by atomic mass is 15.5. The van der Waals surface area contributed by atoms with Crippen molar-refractivity contribution in [2.45, 2.75) is 19.4 Å². The van der Waals surface area contributed by atoms with E-state index in [-0.39, 0.29) is 6.04 Å². The highest BCUT2D eigenvalue weighted by Crippen LogP contribution is 2.24. The molecule has 1 unspecified atom stereocenters. The van der Waals surface area contributed by atoms with E-state index in [0.717, 1.165) is 28.9 Å². The molecule has 0 aliphatic carbocycles. The third kappa shape index (κ3) is 2.55. The summed E-state index contributed by atoms with van der Waals surface area (Å²) in [6.07, 6.45) is 12.3. The number of nitrogens with zero attached hydrogens (tertiary/aromatic N) is 8. The molecule has 0 amide bonds. The Bertz CT molecular complexity index is 1250. The highest BCUT2D eigenvalue weighted by Gasteiger charge is 2.20. The summed E-state index contributed by atoms with van der Waals surface area (Å²) < 4.78 is 5.66. The molecule has 1 atom stereocenters. The molecule has 27 heavy (non-hydrogen) atoms. The lowest BCUT2D eigenvalue weighted by Gasteiger charge is -2.14. The van der Waals surface area contributed by atoms with Gasteiger partial charge >= 0.3 is 0 Å². The van der Waals surface area contributed by atoms with Gasteiger partial charge in [-0.1, -0.05) is 12.1 Å². The molecule has 5 rings (SSSR count). The highest BCUT2D eigenvalue weighted by molar-refractivity contribution is 5.69. The Morgan fingerprint density at radius 2 is 2.19 bits per heavy atom. The van der Waals surface area contributed by atoms with Crippen molar-refractivity contribution >= 4 is 16.9 Å². The van der Waals surface area contributed by atoms with Gasteiger partial charge in [0.25, 0.3) is 5.65 Å². The topological polar surface area (TPSA) is 94.2 Å². The Kier molecular flexibility index (Phi) is 3.46. The van der Waals surface area contributed by atoms with E-state index in [2.05, 4.69) is 55.0 Å². The Balaban J connectivity index is 1.63. The lowest BCUT2D eigenvalue weighted by Crippen LogP contribution is -2.21. The predicted molar refractivity (Wildman–Crippen MR) is 97.7 cm³/mol. The molecule has 0 bridgehead atoms. The van der Waals surface area contributed by atoms with Gasteiger partial charge in [-0.25, -0.2) is 24.0 Å². The van der Waals surface area contributed by atoms with Crippen LogP contribution in [0.4, 0.5) is 0 Å². The molecule has 0 fully saturated rings. The first-order chi connectivity index (χ1) is 13.2. The van der Waals surface area contributed by atoms with Gasteiger partial charge in [0, 0.05) is 30.4 Å². The molecule has 5 heterocycles. The molecule has 0 aromatic carbocycles. The van der Waals surface area contributed by atoms with E-state index in [1.165, 1.54) is 0 Å². The van der Waals surface area contributed by atoms with Gasteiger partial charge in [-0.15, -0.1) is 5.10 Å². The van der Waals surface area contributed by atoms with Gasteiger partial charge in [0.15, 0.2) is 5.65 Å². The van der Waals surface area contributed by atoms with Gasteiger partial charge in [-0.3, -0.25) is 4.68 Å². The Morgan fingerprint density at radius 3 is 3.00 bits per heavy atom. The van der Waals surface area contributed by atoms with Crippen molar-refractivity contribution in [2.24, 2.45) is 7.05 Å². The van der Waals surface area contributed by atoms with Crippen molar-refractivity contribution in [3.05, 3.63) is 54.9 Å². The standard InChI is InChI=1S/C18H17N9/c1-3-15(12-4-5-16-19-6-7-26(16)11-12)27-18-17(23-24-27)20-9-14(22-18)13-8-21-25(2)10-13/h4-11,15H,3H2,1-2H3/p+1. The molecule has 0 spiro atoms. The SMILES string of the molecule is CCC(c1ccc2[nH]cc[n+]2c1)n1nnc2ncc(-c3cnn(C)c3)nc21. The van der Waals surface area contributed by atoms with Gasteiger partial charge in [-0.05, 0) is 12.5 Å². The Morgan fingerprint density at radius 1 is 1.26 bits per heavy atom. The van der Waals surface area contributed by atoms with Crippen LogP contribution in [0.3, 0.4) is 0 Å². The number of H-pyrrole nitrogens is 1. The van der Waals surface area contributed by atoms with Gasteiger partial charge in [0.05, 0.1) is 24.1 Å². The number of aromatic nitrogens is 9. The van der Waals surface area contributed by atoms with Crippen LogP contribution in [0.25, 0.3) is 28.2 Å². The summed E-state index contributed by atoms with van der Waals surface area (Å²) in [5.41, 5.74) is 5.05. The third-order valence-corrected chi connectivity index (χ3v) is 4.72. The minimum absolute atomic E-state index is 0.0141. The fourth-order valence-corrected chi connectivity index (χ4v) is 3.36. The minimum Gasteiger partial charge on any atom is -0.275 e. The largest absolute Gasteiger partial charge is 0.283 e. The number of aromatic amines is 1. The average molecular weight is 360 g/mol. The van der Waals surface area contributed by atoms with Crippen LogP contribution in [0.5, 0.6) is 0 Å². The van der Waals surface area contributed by atoms with Crippen molar-refractivity contribution in [1.29, 1.82) is 0 Å². The summed E-state index contributed by atoms with van der Waals surface area (Å²) in [5.74, 6) is 0. The summed E-state index contributed by atoms with van der Waals surface area (Å²) in [6, 6.07) is 4.18. The monoisotopic (exact) mass is 360 g/mol. The Labute approximate surface area is 154 Å². The molecule has 0 radical (unpaired) electrons. The van der Waals surface area contributed by atoms with Gasteiger partial charge < -0.3 is 0 Å². The lowest BCUT2D eigenvalue weighted by atomic mass is 10.1. The van der Waals surface area contributed by atoms with Crippen LogP contribution in [-0.4, -0.2) is 39.7 Å². The van der Waals surface area contributed by atoms with Crippen LogP contribution >= 0.6 is 0 Å². The maximum absolute atomic E-state index is 4.77. The first kappa shape index (κ1) is 15.6. The zero-order chi connectivity index (χ0) is 18.4. The van der Waals surface area contributed by atoms with E-state index in [0.29, 0.717) is 11.3 Å². The molecule has 5 aromatic rings. The van der Waals surface area contributed by atoms with Crippen LogP contribution in [-0.2, 0) is 7.05 Å². The van der Waals surface area contributed by atoms with E-state index in [1.807, 2.05) is 30.3 Å². The molecule has 9 nitrogen and oxygen atoms in total. The fraction of sp³-hybridized carbons (Fsp3) is 0.222. The van der Waals surface area contributed by atoms with E-state index in [9.17, 15) is 0 Å². The van der Waals surface area contributed by atoms with Crippen molar-refractivity contribution in [3.63, 3.8) is 0 Å². The smallest absolute Gasteiger partial charge is 0.275 e. The lowest BCUT2D eigenvalue weighted by molar-refractivity contribution is -0.510. The molecule has 5 aromatic heterocycles. The summed E-state index contributed by atoms with van der Waals surface area (Å²) in [5, 5.41) is 12.8. The summed E-state index contributed by atoms with van der Waals surface area (Å²) in [7, 11) is 1.88. The van der Waals surface area contributed by atoms with Crippen LogP contribution in [0, 0.1) is 0 Å². The third-order valence-electron chi connectivity index (χ3n) is 4.72. The molecule has 0 aliphatic rings. The number of nitrogens with one attached hydrogen (secondary N) is 1. The van der Waals surface area contributed by atoms with Crippen LogP contribution in [0.2, 0.25) is 0 Å². The molecular weight excluding hydrogens is 342 g/mol. The van der Waals surface area contributed by atoms with E-state index in [4.69, 9.17) is 4.98 Å². The summed E-state index contributed by atoms with van der Waals surface area (Å²) in [4.78, 5) is 12.4. The zero-order valence-corrected chi connectivity index (χ0v) is 15.0. The number of hydrogen-bond acceptors (Lipinski definition) is 5. The van der Waals surface area contributed by atoms with Crippen LogP contribution in [0.15, 0.2) is 49.3 Å². The number of fused-ring (bicyclic) bond motifs is 2. The second kappa shape index (κ2) is 5.97. The van der Waals surface area contributed by atoms with Crippen molar-refractivity contribution < 1.29 is 4.40 Å². The van der Waals surface area contributed by atoms with E-state index >= 15 is 0 Å².